The molecule has 0 unspecified atom stereocenters. The summed E-state index contributed by atoms with van der Waals surface area (Å²) < 4.78 is 4.87. The normalized spacial score (nSPS) is 10.7. The van der Waals surface area contributed by atoms with Crippen LogP contribution in [0.4, 0.5) is 0 Å². The molecule has 0 aliphatic heterocycles. The summed E-state index contributed by atoms with van der Waals surface area (Å²) in [7, 11) is 0. The summed E-state index contributed by atoms with van der Waals surface area (Å²) in [5.41, 5.74) is 3.07. The molecule has 0 saturated carbocycles. The molecule has 0 spiro atoms. The average Bonchev–Trinajstić information content (AvgIpc) is 3.02. The van der Waals surface area contributed by atoms with Crippen molar-refractivity contribution < 1.29 is 4.63 Å². The number of thioether (sulfide) groups is 1. The molecule has 0 radical (unpaired) electrons. The number of nitrogens with zero attached hydrogens (tertiary/aromatic N) is 3. The van der Waals surface area contributed by atoms with Crippen LogP contribution < -0.4 is 0 Å². The topological polar surface area (TPSA) is 51.8 Å². The molecule has 0 atom stereocenters. The van der Waals surface area contributed by atoms with Gasteiger partial charge in [0.15, 0.2) is 10.7 Å². The summed E-state index contributed by atoms with van der Waals surface area (Å²) in [6, 6.07) is 14.3. The number of hydrogen-bond donors (Lipinski definition) is 0. The number of benzene rings is 1. The number of aromatic nitrogens is 3. The first-order chi connectivity index (χ1) is 10.4. The lowest BCUT2D eigenvalue weighted by atomic mass is 10.1. The van der Waals surface area contributed by atoms with Crippen molar-refractivity contribution in [1.29, 1.82) is 0 Å². The maximum absolute atomic E-state index is 4.87. The summed E-state index contributed by atoms with van der Waals surface area (Å²) in [6.07, 6.45) is 5.67. The lowest BCUT2D eigenvalue weighted by Gasteiger charge is -2.01. The van der Waals surface area contributed by atoms with Gasteiger partial charge in [-0.05, 0) is 40.9 Å². The molecule has 0 aliphatic carbocycles. The minimum atomic E-state index is 0.771. The van der Waals surface area contributed by atoms with Crippen molar-refractivity contribution in [3.8, 4) is 11.3 Å². The van der Waals surface area contributed by atoms with Crippen molar-refractivity contribution >= 4 is 11.8 Å². The fraction of sp³-hybridized carbons (Fsp3) is 0.188. The molecule has 5 heteroatoms. The highest BCUT2D eigenvalue weighted by Crippen LogP contribution is 2.28. The van der Waals surface area contributed by atoms with Crippen LogP contribution in [0.15, 0.2) is 64.5 Å². The molecule has 0 aliphatic rings. The molecule has 0 N–H and O–H groups in total. The Kier molecular flexibility index (Phi) is 4.63. The van der Waals surface area contributed by atoms with E-state index in [1.54, 1.807) is 24.2 Å². The quantitative estimate of drug-likeness (QED) is 0.511. The summed E-state index contributed by atoms with van der Waals surface area (Å²) in [6.45, 7) is 0. The second kappa shape index (κ2) is 7.04. The van der Waals surface area contributed by atoms with Gasteiger partial charge in [0.1, 0.15) is 0 Å². The van der Waals surface area contributed by atoms with E-state index in [9.17, 15) is 0 Å². The fourth-order valence-electron chi connectivity index (χ4n) is 2.04. The highest BCUT2D eigenvalue weighted by Gasteiger charge is 2.12. The molecule has 2 heterocycles. The van der Waals surface area contributed by atoms with E-state index in [2.05, 4.69) is 39.6 Å². The molecule has 0 saturated heterocycles. The Balaban J connectivity index is 1.56. The van der Waals surface area contributed by atoms with Gasteiger partial charge in [0, 0.05) is 23.7 Å². The Hall–Kier alpha value is -2.14. The lowest BCUT2D eigenvalue weighted by molar-refractivity contribution is 0.299. The highest BCUT2D eigenvalue weighted by molar-refractivity contribution is 7.99. The molecule has 2 aromatic heterocycles. The first-order valence-corrected chi connectivity index (χ1v) is 7.82. The summed E-state index contributed by atoms with van der Waals surface area (Å²) in [5.74, 6) is 0.983. The molecule has 1 aromatic carbocycles. The van der Waals surface area contributed by atoms with Gasteiger partial charge in [0.2, 0.25) is 0 Å². The molecule has 4 nitrogen and oxygen atoms in total. The maximum Gasteiger partial charge on any atom is 0.169 e. The smallest absolute Gasteiger partial charge is 0.169 e. The molecule has 3 aromatic rings. The van der Waals surface area contributed by atoms with Crippen LogP contribution in [-0.4, -0.2) is 21.1 Å². The van der Waals surface area contributed by atoms with E-state index >= 15 is 0 Å². The first kappa shape index (κ1) is 13.8. The molecular weight excluding hydrogens is 282 g/mol. The van der Waals surface area contributed by atoms with Gasteiger partial charge in [-0.25, -0.2) is 4.63 Å². The van der Waals surface area contributed by atoms with Gasteiger partial charge in [-0.1, -0.05) is 30.3 Å². The monoisotopic (exact) mass is 297 g/mol. The van der Waals surface area contributed by atoms with Crippen LogP contribution in [0, 0.1) is 0 Å². The minimum absolute atomic E-state index is 0.771. The second-order valence-corrected chi connectivity index (χ2v) is 5.68. The molecule has 0 fully saturated rings. The van der Waals surface area contributed by atoms with E-state index < -0.39 is 0 Å². The molecular formula is C16H15N3OS. The summed E-state index contributed by atoms with van der Waals surface area (Å²) in [5, 5.41) is 8.79. The third-order valence-corrected chi connectivity index (χ3v) is 4.12. The SMILES string of the molecule is c1ccc(CCCSc2nonc2-c2cccnc2)cc1. The van der Waals surface area contributed by atoms with E-state index in [0.717, 1.165) is 34.9 Å². The van der Waals surface area contributed by atoms with Crippen molar-refractivity contribution in [3.63, 3.8) is 0 Å². The molecule has 106 valence electrons. The van der Waals surface area contributed by atoms with Gasteiger partial charge in [0.05, 0.1) is 0 Å². The predicted octanol–water partition coefficient (Wildman–Crippen LogP) is 3.86. The third kappa shape index (κ3) is 3.70. The van der Waals surface area contributed by atoms with E-state index in [4.69, 9.17) is 4.63 Å². The largest absolute Gasteiger partial charge is 0.264 e. The van der Waals surface area contributed by atoms with Crippen LogP contribution in [0.1, 0.15) is 12.0 Å². The Morgan fingerprint density at radius 1 is 1.00 bits per heavy atom. The average molecular weight is 297 g/mol. The van der Waals surface area contributed by atoms with Crippen molar-refractivity contribution in [2.75, 3.05) is 5.75 Å². The van der Waals surface area contributed by atoms with Crippen LogP contribution in [0.25, 0.3) is 11.3 Å². The van der Waals surface area contributed by atoms with Gasteiger partial charge in [0.25, 0.3) is 0 Å². The summed E-state index contributed by atoms with van der Waals surface area (Å²) in [4.78, 5) is 4.10. The minimum Gasteiger partial charge on any atom is -0.264 e. The molecule has 21 heavy (non-hydrogen) atoms. The molecule has 0 bridgehead atoms. The first-order valence-electron chi connectivity index (χ1n) is 6.83. The van der Waals surface area contributed by atoms with Crippen LogP contribution in [0.3, 0.4) is 0 Å². The van der Waals surface area contributed by atoms with Crippen molar-refractivity contribution in [1.82, 2.24) is 15.3 Å². The summed E-state index contributed by atoms with van der Waals surface area (Å²) >= 11 is 1.67. The zero-order chi connectivity index (χ0) is 14.3. The fourth-order valence-corrected chi connectivity index (χ4v) is 2.90. The Morgan fingerprint density at radius 2 is 1.90 bits per heavy atom. The lowest BCUT2D eigenvalue weighted by Crippen LogP contribution is -1.88. The van der Waals surface area contributed by atoms with Crippen molar-refractivity contribution in [2.45, 2.75) is 17.9 Å². The van der Waals surface area contributed by atoms with E-state index in [1.807, 2.05) is 18.2 Å². The van der Waals surface area contributed by atoms with Gasteiger partial charge in [-0.15, -0.1) is 11.8 Å². The van der Waals surface area contributed by atoms with E-state index in [0.29, 0.717) is 0 Å². The van der Waals surface area contributed by atoms with Crippen LogP contribution >= 0.6 is 11.8 Å². The number of rotatable bonds is 6. The van der Waals surface area contributed by atoms with Gasteiger partial charge in [-0.3, -0.25) is 4.98 Å². The van der Waals surface area contributed by atoms with Gasteiger partial charge < -0.3 is 0 Å². The Labute approximate surface area is 127 Å². The van der Waals surface area contributed by atoms with Crippen molar-refractivity contribution in [2.24, 2.45) is 0 Å². The van der Waals surface area contributed by atoms with Crippen LogP contribution in [0.2, 0.25) is 0 Å². The standard InChI is InChI=1S/C16H15N3OS/c1-2-6-13(7-3-1)8-5-11-21-16-15(18-20-19-16)14-9-4-10-17-12-14/h1-4,6-7,9-10,12H,5,8,11H2. The van der Waals surface area contributed by atoms with Gasteiger partial charge in [-0.2, -0.15) is 0 Å². The Morgan fingerprint density at radius 3 is 2.71 bits per heavy atom. The van der Waals surface area contributed by atoms with E-state index in [-0.39, 0.29) is 0 Å². The predicted molar refractivity (Wildman–Crippen MR) is 83.0 cm³/mol. The number of aryl methyl sites for hydroxylation is 1. The van der Waals surface area contributed by atoms with Crippen LogP contribution in [0.5, 0.6) is 0 Å². The van der Waals surface area contributed by atoms with Crippen molar-refractivity contribution in [3.05, 3.63) is 60.4 Å². The third-order valence-electron chi connectivity index (χ3n) is 3.08. The van der Waals surface area contributed by atoms with Crippen LogP contribution in [-0.2, 0) is 6.42 Å². The maximum atomic E-state index is 4.87. The number of hydrogen-bond acceptors (Lipinski definition) is 5. The van der Waals surface area contributed by atoms with Gasteiger partial charge >= 0.3 is 0 Å². The zero-order valence-corrected chi connectivity index (χ0v) is 12.3. The molecule has 3 rings (SSSR count). The second-order valence-electron chi connectivity index (χ2n) is 4.60. The highest BCUT2D eigenvalue weighted by atomic mass is 32.2. The Bertz CT molecular complexity index is 670. The van der Waals surface area contributed by atoms with E-state index in [1.165, 1.54) is 5.56 Å². The number of pyridine rings is 1. The zero-order valence-electron chi connectivity index (χ0n) is 11.5. The molecule has 0 amide bonds.